The van der Waals surface area contributed by atoms with Crippen molar-refractivity contribution in [1.29, 1.82) is 0 Å². The third kappa shape index (κ3) is 2.97. The number of oxime groups is 1. The second-order valence-electron chi connectivity index (χ2n) is 4.71. The van der Waals surface area contributed by atoms with Gasteiger partial charge in [0.25, 0.3) is 5.69 Å². The summed E-state index contributed by atoms with van der Waals surface area (Å²) in [7, 11) is 0. The van der Waals surface area contributed by atoms with Gasteiger partial charge in [-0.15, -0.1) is 0 Å². The quantitative estimate of drug-likeness (QED) is 0.373. The van der Waals surface area contributed by atoms with Crippen LogP contribution in [-0.2, 0) is 9.63 Å². The molecule has 0 unspecified atom stereocenters. The summed E-state index contributed by atoms with van der Waals surface area (Å²) in [4.78, 5) is 27.0. The first-order chi connectivity index (χ1) is 11.1. The Balaban J connectivity index is 2.05. The highest BCUT2D eigenvalue weighted by molar-refractivity contribution is 6.34. The highest BCUT2D eigenvalue weighted by atomic mass is 35.5. The molecule has 0 N–H and O–H groups in total. The minimum atomic E-state index is -0.610. The molecule has 7 heteroatoms. The van der Waals surface area contributed by atoms with Crippen molar-refractivity contribution >= 4 is 35.0 Å². The minimum absolute atomic E-state index is 0.0122. The molecular formula is C16H9ClN2O4. The molecule has 0 atom stereocenters. The lowest BCUT2D eigenvalue weighted by Gasteiger charge is -2.02. The summed E-state index contributed by atoms with van der Waals surface area (Å²) in [6, 6.07) is 13.4. The number of carbonyl (C=O) groups is 1. The Labute approximate surface area is 135 Å². The number of nitro groups is 1. The van der Waals surface area contributed by atoms with Crippen LogP contribution in [0, 0.1) is 10.1 Å². The molecule has 3 rings (SSSR count). The molecule has 0 spiro atoms. The first-order valence-corrected chi connectivity index (χ1v) is 6.95. The zero-order valence-electron chi connectivity index (χ0n) is 11.6. The van der Waals surface area contributed by atoms with Crippen LogP contribution in [0.1, 0.15) is 11.1 Å². The fraction of sp³-hybridized carbons (Fsp3) is 0. The van der Waals surface area contributed by atoms with Gasteiger partial charge in [-0.05, 0) is 17.7 Å². The molecule has 0 saturated heterocycles. The van der Waals surface area contributed by atoms with Crippen LogP contribution < -0.4 is 0 Å². The summed E-state index contributed by atoms with van der Waals surface area (Å²) in [5.41, 5.74) is 1.38. The van der Waals surface area contributed by atoms with Gasteiger partial charge in [0.05, 0.1) is 10.5 Å². The maximum atomic E-state index is 11.9. The second-order valence-corrected chi connectivity index (χ2v) is 5.12. The Morgan fingerprint density at radius 3 is 2.61 bits per heavy atom. The largest absolute Gasteiger partial charge is 0.368 e. The molecule has 1 aliphatic heterocycles. The Morgan fingerprint density at radius 2 is 1.91 bits per heavy atom. The zero-order chi connectivity index (χ0) is 16.4. The van der Waals surface area contributed by atoms with E-state index in [1.54, 1.807) is 12.1 Å². The molecule has 0 fully saturated rings. The molecule has 0 bridgehead atoms. The standard InChI is InChI=1S/C16H9ClN2O4/c17-13-7-6-11(9-14(13)19(21)22)15-12(16(20)23-18-15)8-10-4-2-1-3-5-10/h1-9H/b12-8+. The Hall–Kier alpha value is -2.99. The molecule has 0 aliphatic carbocycles. The average molecular weight is 329 g/mol. The maximum Gasteiger partial charge on any atom is 0.368 e. The van der Waals surface area contributed by atoms with Crippen LogP contribution in [-0.4, -0.2) is 16.6 Å². The molecule has 6 nitrogen and oxygen atoms in total. The molecule has 0 amide bonds. The van der Waals surface area contributed by atoms with Crippen molar-refractivity contribution in [2.45, 2.75) is 0 Å². The normalized spacial score (nSPS) is 15.4. The van der Waals surface area contributed by atoms with Crippen molar-refractivity contribution < 1.29 is 14.6 Å². The molecule has 2 aromatic rings. The predicted octanol–water partition coefficient (Wildman–Crippen LogP) is 3.59. The van der Waals surface area contributed by atoms with Gasteiger partial charge in [0.15, 0.2) is 0 Å². The van der Waals surface area contributed by atoms with E-state index in [1.807, 2.05) is 30.3 Å². The summed E-state index contributed by atoms with van der Waals surface area (Å²) in [6.07, 6.45) is 1.62. The Morgan fingerprint density at radius 1 is 1.17 bits per heavy atom. The summed E-state index contributed by atoms with van der Waals surface area (Å²) < 4.78 is 0. The van der Waals surface area contributed by atoms with Crippen LogP contribution in [0.2, 0.25) is 5.02 Å². The van der Waals surface area contributed by atoms with E-state index in [-0.39, 0.29) is 22.0 Å². The van der Waals surface area contributed by atoms with Crippen LogP contribution in [0.3, 0.4) is 0 Å². The molecule has 1 heterocycles. The van der Waals surface area contributed by atoms with Crippen LogP contribution >= 0.6 is 11.6 Å². The van der Waals surface area contributed by atoms with E-state index in [1.165, 1.54) is 12.1 Å². The summed E-state index contributed by atoms with van der Waals surface area (Å²) in [5, 5.41) is 14.7. The Kier molecular flexibility index (Phi) is 3.91. The fourth-order valence-electron chi connectivity index (χ4n) is 2.13. The SMILES string of the molecule is O=C1ON=C(c2ccc(Cl)c([N+](=O)[O-])c2)/C1=C\c1ccccc1. The smallest absolute Gasteiger partial charge is 0.312 e. The topological polar surface area (TPSA) is 81.8 Å². The number of hydrogen-bond acceptors (Lipinski definition) is 5. The fourth-order valence-corrected chi connectivity index (χ4v) is 2.32. The predicted molar refractivity (Wildman–Crippen MR) is 85.2 cm³/mol. The maximum absolute atomic E-state index is 11.9. The molecule has 1 aliphatic rings. The van der Waals surface area contributed by atoms with Gasteiger partial charge >= 0.3 is 5.97 Å². The molecule has 2 aromatic carbocycles. The van der Waals surface area contributed by atoms with Crippen molar-refractivity contribution in [2.75, 3.05) is 0 Å². The monoisotopic (exact) mass is 328 g/mol. The van der Waals surface area contributed by atoms with Gasteiger partial charge in [-0.1, -0.05) is 53.2 Å². The van der Waals surface area contributed by atoms with Crippen molar-refractivity contribution in [3.63, 3.8) is 0 Å². The van der Waals surface area contributed by atoms with Gasteiger partial charge in [0.1, 0.15) is 10.7 Å². The number of nitro benzene ring substituents is 1. The highest BCUT2D eigenvalue weighted by Crippen LogP contribution is 2.28. The number of hydrogen-bond donors (Lipinski definition) is 0. The van der Waals surface area contributed by atoms with Crippen molar-refractivity contribution in [2.24, 2.45) is 5.16 Å². The zero-order valence-corrected chi connectivity index (χ0v) is 12.4. The van der Waals surface area contributed by atoms with Gasteiger partial charge in [-0.2, -0.15) is 0 Å². The number of benzene rings is 2. The minimum Gasteiger partial charge on any atom is -0.312 e. The molecule has 114 valence electrons. The van der Waals surface area contributed by atoms with E-state index in [2.05, 4.69) is 5.16 Å². The first kappa shape index (κ1) is 14.9. The third-order valence-corrected chi connectivity index (χ3v) is 3.54. The molecule has 0 aromatic heterocycles. The van der Waals surface area contributed by atoms with Crippen LogP contribution in [0.15, 0.2) is 59.3 Å². The lowest BCUT2D eigenvalue weighted by Crippen LogP contribution is -2.07. The summed E-state index contributed by atoms with van der Waals surface area (Å²) >= 11 is 5.80. The molecule has 23 heavy (non-hydrogen) atoms. The summed E-state index contributed by atoms with van der Waals surface area (Å²) in [5.74, 6) is -0.610. The van der Waals surface area contributed by atoms with Gasteiger partial charge in [0.2, 0.25) is 0 Å². The first-order valence-electron chi connectivity index (χ1n) is 6.57. The van der Waals surface area contributed by atoms with Crippen LogP contribution in [0.25, 0.3) is 6.08 Å². The lowest BCUT2D eigenvalue weighted by molar-refractivity contribution is -0.384. The number of nitrogens with zero attached hydrogens (tertiary/aromatic N) is 2. The highest BCUT2D eigenvalue weighted by Gasteiger charge is 2.28. The van der Waals surface area contributed by atoms with E-state index in [9.17, 15) is 14.9 Å². The second kappa shape index (κ2) is 6.02. The van der Waals surface area contributed by atoms with E-state index >= 15 is 0 Å². The van der Waals surface area contributed by atoms with E-state index < -0.39 is 10.9 Å². The summed E-state index contributed by atoms with van der Waals surface area (Å²) in [6.45, 7) is 0. The Bertz CT molecular complexity index is 860. The van der Waals surface area contributed by atoms with Crippen molar-refractivity contribution in [1.82, 2.24) is 0 Å². The van der Waals surface area contributed by atoms with Gasteiger partial charge in [0, 0.05) is 11.6 Å². The lowest BCUT2D eigenvalue weighted by atomic mass is 10.0. The van der Waals surface area contributed by atoms with E-state index in [0.717, 1.165) is 5.56 Å². The number of carbonyl (C=O) groups excluding carboxylic acids is 1. The van der Waals surface area contributed by atoms with Gasteiger partial charge in [-0.3, -0.25) is 10.1 Å². The molecular weight excluding hydrogens is 320 g/mol. The van der Waals surface area contributed by atoms with E-state index in [4.69, 9.17) is 16.4 Å². The average Bonchev–Trinajstić information content (AvgIpc) is 2.90. The van der Waals surface area contributed by atoms with Crippen LogP contribution in [0.4, 0.5) is 5.69 Å². The number of halogens is 1. The van der Waals surface area contributed by atoms with Gasteiger partial charge < -0.3 is 4.84 Å². The molecule has 0 radical (unpaired) electrons. The van der Waals surface area contributed by atoms with E-state index in [0.29, 0.717) is 5.56 Å². The molecule has 0 saturated carbocycles. The van der Waals surface area contributed by atoms with Crippen molar-refractivity contribution in [3.8, 4) is 0 Å². The van der Waals surface area contributed by atoms with Crippen molar-refractivity contribution in [3.05, 3.63) is 80.4 Å². The number of rotatable bonds is 3. The third-order valence-electron chi connectivity index (χ3n) is 3.22. The van der Waals surface area contributed by atoms with Gasteiger partial charge in [-0.25, -0.2) is 4.79 Å². The van der Waals surface area contributed by atoms with Crippen LogP contribution in [0.5, 0.6) is 0 Å².